The molecule has 2 amide bonds. The van der Waals surface area contributed by atoms with Gasteiger partial charge in [-0.25, -0.2) is 19.0 Å². The van der Waals surface area contributed by atoms with E-state index >= 15 is 4.39 Å². The number of nitrogen functional groups attached to an aromatic ring is 1. The van der Waals surface area contributed by atoms with E-state index in [1.807, 2.05) is 54.6 Å². The number of rotatable bonds is 8. The van der Waals surface area contributed by atoms with Crippen LogP contribution in [0.25, 0.3) is 22.3 Å². The molecule has 4 saturated heterocycles. The second-order valence-electron chi connectivity index (χ2n) is 15.9. The summed E-state index contributed by atoms with van der Waals surface area (Å²) in [5.74, 6) is 1.70. The first kappa shape index (κ1) is 34.1. The molecule has 5 aromatic rings. The average Bonchev–Trinajstić information content (AvgIpc) is 3.80. The molecule has 1 aliphatic carbocycles. The Morgan fingerprint density at radius 2 is 1.65 bits per heavy atom. The number of imide groups is 1. The highest BCUT2D eigenvalue weighted by molar-refractivity contribution is 6.00. The molecule has 3 aromatic carbocycles. The number of hydrogen-bond donors (Lipinski definition) is 2. The molecule has 1 saturated carbocycles. The normalized spacial score (nSPS) is 26.8. The minimum absolute atomic E-state index is 0.176. The van der Waals surface area contributed by atoms with Gasteiger partial charge in [-0.1, -0.05) is 24.3 Å². The molecule has 6 unspecified atom stereocenters. The van der Waals surface area contributed by atoms with Crippen molar-refractivity contribution < 1.29 is 18.7 Å². The Labute approximate surface area is 318 Å². The molecule has 3 N–H and O–H groups in total. The number of nitrogens with zero attached hydrogens (tertiary/aromatic N) is 7. The predicted octanol–water partition coefficient (Wildman–Crippen LogP) is 5.63. The van der Waals surface area contributed by atoms with E-state index in [1.165, 1.54) is 29.6 Å². The lowest BCUT2D eigenvalue weighted by molar-refractivity contribution is -0.137. The fraction of sp³-hybridized carbons (Fsp3) is 0.405. The number of carbonyl (C=O) groups excluding carboxylic acids is 2. The van der Waals surface area contributed by atoms with Crippen LogP contribution in [0.3, 0.4) is 0 Å². The number of aromatic nitrogens is 4. The number of piperidine rings is 2. The number of amides is 2. The molecule has 6 aliphatic rings. The molecule has 5 fully saturated rings. The van der Waals surface area contributed by atoms with E-state index in [2.05, 4.69) is 48.2 Å². The van der Waals surface area contributed by atoms with Crippen LogP contribution in [-0.4, -0.2) is 85.3 Å². The number of benzene rings is 3. The molecule has 5 aliphatic heterocycles. The predicted molar refractivity (Wildman–Crippen MR) is 206 cm³/mol. The van der Waals surface area contributed by atoms with Crippen molar-refractivity contribution in [2.75, 3.05) is 30.3 Å². The number of para-hydroxylation sites is 1. The highest BCUT2D eigenvalue weighted by Gasteiger charge is 2.46. The number of halogens is 1. The number of nitrogens with two attached hydrogens (primary N) is 1. The minimum Gasteiger partial charge on any atom is -0.457 e. The summed E-state index contributed by atoms with van der Waals surface area (Å²) in [7, 11) is 0. The van der Waals surface area contributed by atoms with Crippen LogP contribution < -0.4 is 20.7 Å². The standard InChI is InChI=1S/C42H44FN9O3/c43-34-16-25(19-51-30-18-31(51)23-49(22-30)29-10-7-27-20-50(21-28(27)17-29)36-14-15-37(53)47-42(36)54)6-13-35(34)52-41-38(40(44)45-24-46-41)39(48-52)26-8-11-33(12-9-26)55-32-4-2-1-3-5-32/h1-5,7-12,17,24-25,30-31,34-36H,6,13-16,18-23H2,(H2,44,45,46)(H,47,53,54). The molecular weight excluding hydrogens is 698 g/mol. The van der Waals surface area contributed by atoms with Gasteiger partial charge in [-0.15, -0.1) is 0 Å². The second kappa shape index (κ2) is 13.7. The van der Waals surface area contributed by atoms with E-state index in [4.69, 9.17) is 15.6 Å². The molecule has 55 heavy (non-hydrogen) atoms. The smallest absolute Gasteiger partial charge is 0.243 e. The van der Waals surface area contributed by atoms with Crippen molar-refractivity contribution in [1.82, 2.24) is 34.9 Å². The van der Waals surface area contributed by atoms with Gasteiger partial charge in [0.2, 0.25) is 11.8 Å². The zero-order chi connectivity index (χ0) is 37.2. The van der Waals surface area contributed by atoms with Crippen molar-refractivity contribution in [2.45, 2.75) is 82.0 Å². The zero-order valence-corrected chi connectivity index (χ0v) is 30.6. The molecule has 2 bridgehead atoms. The van der Waals surface area contributed by atoms with Crippen molar-refractivity contribution >= 4 is 34.4 Å². The number of piperazine rings is 1. The lowest BCUT2D eigenvalue weighted by Crippen LogP contribution is -2.69. The Balaban J connectivity index is 0.778. The molecule has 13 heteroatoms. The summed E-state index contributed by atoms with van der Waals surface area (Å²) in [5.41, 5.74) is 12.2. The van der Waals surface area contributed by atoms with Crippen molar-refractivity contribution in [3.8, 4) is 22.8 Å². The van der Waals surface area contributed by atoms with Gasteiger partial charge < -0.3 is 15.4 Å². The average molecular weight is 742 g/mol. The maximum absolute atomic E-state index is 16.3. The molecule has 12 nitrogen and oxygen atoms in total. The maximum atomic E-state index is 16.3. The molecule has 6 atom stereocenters. The van der Waals surface area contributed by atoms with Gasteiger partial charge in [0.05, 0.1) is 17.5 Å². The lowest BCUT2D eigenvalue weighted by Gasteiger charge is -2.58. The fourth-order valence-corrected chi connectivity index (χ4v) is 9.71. The van der Waals surface area contributed by atoms with E-state index in [-0.39, 0.29) is 23.8 Å². The third-order valence-electron chi connectivity index (χ3n) is 12.6. The Morgan fingerprint density at radius 1 is 0.873 bits per heavy atom. The summed E-state index contributed by atoms with van der Waals surface area (Å²) >= 11 is 0. The molecule has 7 heterocycles. The number of alkyl halides is 1. The molecule has 2 aromatic heterocycles. The van der Waals surface area contributed by atoms with Crippen LogP contribution in [0, 0.1) is 5.92 Å². The summed E-state index contributed by atoms with van der Waals surface area (Å²) in [5, 5.41) is 8.11. The van der Waals surface area contributed by atoms with Crippen LogP contribution in [0.4, 0.5) is 15.9 Å². The Bertz CT molecular complexity index is 2250. The number of ether oxygens (including phenoxy) is 1. The molecule has 0 radical (unpaired) electrons. The summed E-state index contributed by atoms with van der Waals surface area (Å²) < 4.78 is 24.0. The first-order chi connectivity index (χ1) is 26.8. The highest BCUT2D eigenvalue weighted by atomic mass is 19.1. The summed E-state index contributed by atoms with van der Waals surface area (Å²) in [4.78, 5) is 40.3. The van der Waals surface area contributed by atoms with Gasteiger partial charge in [0.15, 0.2) is 5.65 Å². The van der Waals surface area contributed by atoms with Crippen molar-refractivity contribution in [3.63, 3.8) is 0 Å². The Kier molecular flexibility index (Phi) is 8.51. The topological polar surface area (TPSA) is 135 Å². The maximum Gasteiger partial charge on any atom is 0.243 e. The van der Waals surface area contributed by atoms with E-state index in [0.717, 1.165) is 50.5 Å². The van der Waals surface area contributed by atoms with Crippen LogP contribution >= 0.6 is 0 Å². The SMILES string of the molecule is Nc1ncnc2c1c(-c1ccc(Oc3ccccc3)cc1)nn2C1CCC(CN2C3CC2CN(c2ccc4c(c2)CN(C2CCC(=O)NC2=O)C4)C3)CC1F. The number of fused-ring (bicyclic) bond motifs is 4. The molecule has 0 spiro atoms. The molecule has 11 rings (SSSR count). The monoisotopic (exact) mass is 741 g/mol. The van der Waals surface area contributed by atoms with Gasteiger partial charge in [-0.05, 0) is 97.7 Å². The van der Waals surface area contributed by atoms with Gasteiger partial charge in [0, 0.05) is 62.5 Å². The van der Waals surface area contributed by atoms with Crippen molar-refractivity contribution in [3.05, 3.63) is 90.3 Å². The van der Waals surface area contributed by atoms with Gasteiger partial charge in [-0.3, -0.25) is 24.7 Å². The van der Waals surface area contributed by atoms with E-state index < -0.39 is 12.2 Å². The Morgan fingerprint density at radius 3 is 2.44 bits per heavy atom. The van der Waals surface area contributed by atoms with E-state index in [9.17, 15) is 9.59 Å². The van der Waals surface area contributed by atoms with Crippen LogP contribution in [0.1, 0.15) is 55.7 Å². The number of carbonyl (C=O) groups is 2. The molecule has 282 valence electrons. The molecular formula is C42H44FN9O3. The van der Waals surface area contributed by atoms with Crippen LogP contribution in [0.5, 0.6) is 11.5 Å². The summed E-state index contributed by atoms with van der Waals surface area (Å²) in [6.07, 6.45) is 4.61. The Hall–Kier alpha value is -5.40. The summed E-state index contributed by atoms with van der Waals surface area (Å²) in [6, 6.07) is 24.2. The quantitative estimate of drug-likeness (QED) is 0.193. The first-order valence-corrected chi connectivity index (χ1v) is 19.5. The second-order valence-corrected chi connectivity index (χ2v) is 15.9. The third kappa shape index (κ3) is 6.28. The van der Waals surface area contributed by atoms with E-state index in [0.29, 0.717) is 66.1 Å². The zero-order valence-electron chi connectivity index (χ0n) is 30.6. The van der Waals surface area contributed by atoms with Crippen LogP contribution in [0.15, 0.2) is 79.1 Å². The van der Waals surface area contributed by atoms with Gasteiger partial charge in [0.25, 0.3) is 0 Å². The highest BCUT2D eigenvalue weighted by Crippen LogP contribution is 2.42. The van der Waals surface area contributed by atoms with Crippen LogP contribution in [0.2, 0.25) is 0 Å². The van der Waals surface area contributed by atoms with Crippen LogP contribution in [-0.2, 0) is 22.7 Å². The number of nitrogens with one attached hydrogen (secondary N) is 1. The van der Waals surface area contributed by atoms with Crippen molar-refractivity contribution in [1.29, 1.82) is 0 Å². The van der Waals surface area contributed by atoms with E-state index in [1.54, 1.807) is 4.68 Å². The van der Waals surface area contributed by atoms with Crippen molar-refractivity contribution in [2.24, 2.45) is 5.92 Å². The lowest BCUT2D eigenvalue weighted by atomic mass is 9.80. The largest absolute Gasteiger partial charge is 0.457 e. The first-order valence-electron chi connectivity index (χ1n) is 19.5. The fourth-order valence-electron chi connectivity index (χ4n) is 9.71. The third-order valence-corrected chi connectivity index (χ3v) is 12.6. The number of hydrogen-bond acceptors (Lipinski definition) is 10. The van der Waals surface area contributed by atoms with Gasteiger partial charge in [-0.2, -0.15) is 5.10 Å². The summed E-state index contributed by atoms with van der Waals surface area (Å²) in [6.45, 7) is 4.30. The number of anilines is 2. The van der Waals surface area contributed by atoms with Gasteiger partial charge >= 0.3 is 0 Å². The van der Waals surface area contributed by atoms with Gasteiger partial charge in [0.1, 0.15) is 35.5 Å². The minimum atomic E-state index is -1.06.